The summed E-state index contributed by atoms with van der Waals surface area (Å²) in [6, 6.07) is 5.80. The van der Waals surface area contributed by atoms with Crippen LogP contribution in [0.5, 0.6) is 11.5 Å². The van der Waals surface area contributed by atoms with E-state index in [4.69, 9.17) is 15.2 Å². The number of nitrogens with zero attached hydrogens (tertiary/aromatic N) is 1. The Morgan fingerprint density at radius 3 is 2.76 bits per heavy atom. The van der Waals surface area contributed by atoms with E-state index in [-0.39, 0.29) is 24.0 Å². The highest BCUT2D eigenvalue weighted by Crippen LogP contribution is 2.49. The van der Waals surface area contributed by atoms with Crippen LogP contribution in [0.3, 0.4) is 0 Å². The first-order chi connectivity index (χ1) is 11.8. The molecule has 1 aromatic rings. The number of benzene rings is 1. The van der Waals surface area contributed by atoms with Crippen LogP contribution in [0.2, 0.25) is 0 Å². The van der Waals surface area contributed by atoms with E-state index in [0.717, 1.165) is 47.9 Å². The van der Waals surface area contributed by atoms with Crippen molar-refractivity contribution in [3.05, 3.63) is 18.2 Å². The lowest BCUT2D eigenvalue weighted by molar-refractivity contribution is 0.297. The smallest absolute Gasteiger partial charge is 0.193 e. The fourth-order valence-corrected chi connectivity index (χ4v) is 4.51. The molecule has 1 heterocycles. The zero-order valence-electron chi connectivity index (χ0n) is 14.6. The van der Waals surface area contributed by atoms with Crippen molar-refractivity contribution in [1.82, 2.24) is 0 Å². The van der Waals surface area contributed by atoms with Crippen molar-refractivity contribution in [3.8, 4) is 11.5 Å². The van der Waals surface area contributed by atoms with E-state index in [0.29, 0.717) is 19.2 Å². The maximum absolute atomic E-state index is 6.04. The molecule has 3 unspecified atom stereocenters. The second-order valence-corrected chi connectivity index (χ2v) is 7.33. The Kier molecular flexibility index (Phi) is 6.30. The van der Waals surface area contributed by atoms with E-state index in [1.165, 1.54) is 32.1 Å². The molecule has 2 saturated carbocycles. The molecule has 5 nitrogen and oxygen atoms in total. The Balaban J connectivity index is 0.00000182. The summed E-state index contributed by atoms with van der Waals surface area (Å²) in [6.07, 6.45) is 7.84. The van der Waals surface area contributed by atoms with Gasteiger partial charge in [0.25, 0.3) is 0 Å². The molecule has 25 heavy (non-hydrogen) atoms. The monoisotopic (exact) mass is 457 g/mol. The lowest BCUT2D eigenvalue weighted by atomic mass is 9.86. The minimum absolute atomic E-state index is 0. The first-order valence-corrected chi connectivity index (χ1v) is 9.24. The van der Waals surface area contributed by atoms with Crippen LogP contribution in [0.4, 0.5) is 5.69 Å². The third-order valence-electron chi connectivity index (χ3n) is 5.69. The van der Waals surface area contributed by atoms with E-state index < -0.39 is 0 Å². The third-order valence-corrected chi connectivity index (χ3v) is 5.69. The van der Waals surface area contributed by atoms with E-state index in [9.17, 15) is 0 Å². The van der Waals surface area contributed by atoms with Gasteiger partial charge in [0.2, 0.25) is 0 Å². The molecule has 138 valence electrons. The number of rotatable bonds is 4. The number of guanidine groups is 1. The average molecular weight is 457 g/mol. The summed E-state index contributed by atoms with van der Waals surface area (Å²) in [7, 11) is 0. The number of ether oxygens (including phenoxy) is 2. The Morgan fingerprint density at radius 1 is 1.16 bits per heavy atom. The summed E-state index contributed by atoms with van der Waals surface area (Å²) in [4.78, 5) is 4.51. The van der Waals surface area contributed by atoms with Crippen molar-refractivity contribution in [2.75, 3.05) is 25.1 Å². The van der Waals surface area contributed by atoms with Gasteiger partial charge in [-0.25, -0.2) is 0 Å². The van der Waals surface area contributed by atoms with Crippen molar-refractivity contribution in [2.24, 2.45) is 28.5 Å². The molecule has 6 heteroatoms. The summed E-state index contributed by atoms with van der Waals surface area (Å²) in [5, 5.41) is 3.16. The standard InChI is InChI=1S/C19H27N3O2.HI/c20-19(21-7-6-15-11-13-2-3-14(15)10-13)22-16-4-5-17-18(12-16)24-9-1-8-23-17;/h4-5,12-15H,1-3,6-11H2,(H3,20,21,22);1H. The highest BCUT2D eigenvalue weighted by atomic mass is 127. The van der Waals surface area contributed by atoms with Crippen molar-refractivity contribution in [2.45, 2.75) is 38.5 Å². The van der Waals surface area contributed by atoms with Gasteiger partial charge in [0.05, 0.1) is 13.2 Å². The average Bonchev–Trinajstić information content (AvgIpc) is 3.11. The van der Waals surface area contributed by atoms with E-state index in [1.807, 2.05) is 18.2 Å². The lowest BCUT2D eigenvalue weighted by Gasteiger charge is -2.20. The number of fused-ring (bicyclic) bond motifs is 3. The molecule has 3 N–H and O–H groups in total. The first kappa shape index (κ1) is 18.6. The van der Waals surface area contributed by atoms with Crippen LogP contribution in [-0.2, 0) is 0 Å². The van der Waals surface area contributed by atoms with Gasteiger partial charge < -0.3 is 20.5 Å². The highest BCUT2D eigenvalue weighted by molar-refractivity contribution is 14.0. The Morgan fingerprint density at radius 2 is 2.00 bits per heavy atom. The number of anilines is 1. The van der Waals surface area contributed by atoms with E-state index >= 15 is 0 Å². The number of hydrogen-bond donors (Lipinski definition) is 2. The predicted octanol–water partition coefficient (Wildman–Crippen LogP) is 4.02. The van der Waals surface area contributed by atoms with Gasteiger partial charge in [-0.2, -0.15) is 0 Å². The van der Waals surface area contributed by atoms with Gasteiger partial charge in [-0.15, -0.1) is 24.0 Å². The quantitative estimate of drug-likeness (QED) is 0.407. The summed E-state index contributed by atoms with van der Waals surface area (Å²) < 4.78 is 11.3. The number of nitrogens with two attached hydrogens (primary N) is 1. The Bertz CT molecular complexity index is 623. The van der Waals surface area contributed by atoms with Gasteiger partial charge in [-0.1, -0.05) is 6.42 Å². The van der Waals surface area contributed by atoms with Crippen molar-refractivity contribution in [3.63, 3.8) is 0 Å². The molecule has 3 atom stereocenters. The molecular formula is C19H28IN3O2. The first-order valence-electron chi connectivity index (χ1n) is 9.24. The predicted molar refractivity (Wildman–Crippen MR) is 111 cm³/mol. The second kappa shape index (κ2) is 8.47. The molecule has 2 bridgehead atoms. The lowest BCUT2D eigenvalue weighted by Crippen LogP contribution is -2.23. The fraction of sp³-hybridized carbons (Fsp3) is 0.632. The van der Waals surface area contributed by atoms with Crippen LogP contribution in [-0.4, -0.2) is 25.7 Å². The van der Waals surface area contributed by atoms with E-state index in [1.54, 1.807) is 0 Å². The largest absolute Gasteiger partial charge is 0.490 e. The van der Waals surface area contributed by atoms with Crippen LogP contribution in [0.25, 0.3) is 0 Å². The molecule has 2 fully saturated rings. The molecule has 0 saturated heterocycles. The number of aliphatic imine (C=N–C) groups is 1. The number of halogens is 1. The molecule has 4 rings (SSSR count). The normalized spacial score (nSPS) is 27.5. The van der Waals surface area contributed by atoms with Gasteiger partial charge in [0.1, 0.15) is 0 Å². The second-order valence-electron chi connectivity index (χ2n) is 7.33. The molecule has 0 spiro atoms. The van der Waals surface area contributed by atoms with Crippen molar-refractivity contribution >= 4 is 35.6 Å². The fourth-order valence-electron chi connectivity index (χ4n) is 4.51. The molecule has 1 aromatic carbocycles. The zero-order valence-corrected chi connectivity index (χ0v) is 16.9. The molecule has 0 radical (unpaired) electrons. The van der Waals surface area contributed by atoms with Crippen LogP contribution in [0, 0.1) is 17.8 Å². The third kappa shape index (κ3) is 4.51. The summed E-state index contributed by atoms with van der Waals surface area (Å²) in [6.45, 7) is 2.20. The minimum Gasteiger partial charge on any atom is -0.490 e. The minimum atomic E-state index is 0. The van der Waals surface area contributed by atoms with Crippen LogP contribution >= 0.6 is 24.0 Å². The molecule has 0 amide bonds. The number of hydrogen-bond acceptors (Lipinski definition) is 3. The summed E-state index contributed by atoms with van der Waals surface area (Å²) in [5.41, 5.74) is 6.93. The van der Waals surface area contributed by atoms with Crippen molar-refractivity contribution < 1.29 is 9.47 Å². The Hall–Kier alpha value is -1.18. The highest BCUT2D eigenvalue weighted by Gasteiger charge is 2.38. The topological polar surface area (TPSA) is 68.9 Å². The maximum atomic E-state index is 6.04. The SMILES string of the molecule is I.NC(=NCCC1CC2CCC1C2)Nc1ccc2c(c1)OCCCO2. The van der Waals surface area contributed by atoms with Gasteiger partial charge in [0, 0.05) is 24.7 Å². The van der Waals surface area contributed by atoms with Crippen LogP contribution in [0.1, 0.15) is 38.5 Å². The van der Waals surface area contributed by atoms with E-state index in [2.05, 4.69) is 10.3 Å². The van der Waals surface area contributed by atoms with Crippen LogP contribution < -0.4 is 20.5 Å². The van der Waals surface area contributed by atoms with Gasteiger partial charge >= 0.3 is 0 Å². The van der Waals surface area contributed by atoms with Gasteiger partial charge in [-0.3, -0.25) is 4.99 Å². The van der Waals surface area contributed by atoms with Crippen molar-refractivity contribution in [1.29, 1.82) is 0 Å². The summed E-state index contributed by atoms with van der Waals surface area (Å²) >= 11 is 0. The van der Waals surface area contributed by atoms with Gasteiger partial charge in [0.15, 0.2) is 17.5 Å². The summed E-state index contributed by atoms with van der Waals surface area (Å²) in [5.74, 6) is 4.88. The van der Waals surface area contributed by atoms with Gasteiger partial charge in [-0.05, 0) is 55.6 Å². The molecule has 3 aliphatic rings. The molecule has 2 aliphatic carbocycles. The van der Waals surface area contributed by atoms with Crippen LogP contribution in [0.15, 0.2) is 23.2 Å². The maximum Gasteiger partial charge on any atom is 0.193 e. The Labute approximate surface area is 166 Å². The number of nitrogens with one attached hydrogen (secondary N) is 1. The molecule has 1 aliphatic heterocycles. The molecule has 0 aromatic heterocycles. The molecular weight excluding hydrogens is 429 g/mol. The zero-order chi connectivity index (χ0) is 16.4.